The van der Waals surface area contributed by atoms with E-state index in [1.54, 1.807) is 0 Å². The maximum Gasteiger partial charge on any atom is 0.203 e. The third-order valence-electron chi connectivity index (χ3n) is 14.3. The summed E-state index contributed by atoms with van der Waals surface area (Å²) in [6.07, 6.45) is 39.5. The zero-order chi connectivity index (χ0) is 52.5. The average Bonchev–Trinajstić information content (AvgIpc) is 4.27. The van der Waals surface area contributed by atoms with Crippen LogP contribution in [0.4, 0.5) is 0 Å². The smallest absolute Gasteiger partial charge is 0.203 e. The molecule has 1 fully saturated rings. The van der Waals surface area contributed by atoms with Crippen molar-refractivity contribution in [2.75, 3.05) is 33.0 Å². The van der Waals surface area contributed by atoms with Crippen molar-refractivity contribution >= 4 is 0 Å². The van der Waals surface area contributed by atoms with Crippen LogP contribution in [0.3, 0.4) is 0 Å². The van der Waals surface area contributed by atoms with E-state index in [0.29, 0.717) is 50.3 Å². The molecule has 1 heterocycles. The SMILES string of the molecule is CCCCCCCCCCCCOc1ccc(COc2cc(COCC3CO3)cc(OCc3ccc(OCCCCCCCCCCCC)cc3)c2OCc2ccc(OCCCCCCCCCCCC)cc2)cc1. The highest BCUT2D eigenvalue weighted by molar-refractivity contribution is 5.54. The second-order valence-electron chi connectivity index (χ2n) is 21.3. The van der Waals surface area contributed by atoms with Crippen LogP contribution in [-0.2, 0) is 35.9 Å². The Kier molecular flexibility index (Phi) is 33.4. The van der Waals surface area contributed by atoms with E-state index < -0.39 is 0 Å². The van der Waals surface area contributed by atoms with Gasteiger partial charge in [-0.15, -0.1) is 0 Å². The maximum absolute atomic E-state index is 6.71. The van der Waals surface area contributed by atoms with Crippen LogP contribution in [0.2, 0.25) is 0 Å². The molecule has 0 radical (unpaired) electrons. The van der Waals surface area contributed by atoms with Gasteiger partial charge in [-0.3, -0.25) is 0 Å². The molecule has 1 atom stereocenters. The number of hydrogen-bond acceptors (Lipinski definition) is 8. The van der Waals surface area contributed by atoms with Gasteiger partial charge in [0, 0.05) is 0 Å². The third kappa shape index (κ3) is 29.1. The van der Waals surface area contributed by atoms with Crippen LogP contribution in [0.1, 0.15) is 236 Å². The number of benzene rings is 4. The lowest BCUT2D eigenvalue weighted by Crippen LogP contribution is -2.07. The molecule has 4 aromatic carbocycles. The lowest BCUT2D eigenvalue weighted by atomic mass is 10.1. The molecular weight excluding hydrogens is 933 g/mol. The summed E-state index contributed by atoms with van der Waals surface area (Å²) < 4.78 is 50.0. The highest BCUT2D eigenvalue weighted by Crippen LogP contribution is 2.41. The molecule has 418 valence electrons. The minimum absolute atomic E-state index is 0.166. The van der Waals surface area contributed by atoms with Gasteiger partial charge in [-0.05, 0) is 90.0 Å². The van der Waals surface area contributed by atoms with E-state index in [9.17, 15) is 0 Å². The average molecular weight is 1040 g/mol. The molecule has 1 saturated heterocycles. The van der Waals surface area contributed by atoms with Gasteiger partial charge in [-0.1, -0.05) is 231 Å². The quantitative estimate of drug-likeness (QED) is 0.0320. The number of rotatable bonds is 49. The van der Waals surface area contributed by atoms with Crippen molar-refractivity contribution in [2.45, 2.75) is 246 Å². The predicted octanol–water partition coefficient (Wildman–Crippen LogP) is 19.2. The fourth-order valence-corrected chi connectivity index (χ4v) is 9.41. The van der Waals surface area contributed by atoms with Gasteiger partial charge < -0.3 is 37.9 Å². The summed E-state index contributed by atoms with van der Waals surface area (Å²) in [6, 6.07) is 28.8. The molecule has 4 aromatic rings. The van der Waals surface area contributed by atoms with Crippen LogP contribution < -0.4 is 28.4 Å². The molecule has 0 saturated carbocycles. The minimum atomic E-state index is 0.166. The van der Waals surface area contributed by atoms with Gasteiger partial charge in [0.15, 0.2) is 11.5 Å². The predicted molar refractivity (Wildman–Crippen MR) is 310 cm³/mol. The van der Waals surface area contributed by atoms with Crippen LogP contribution >= 0.6 is 0 Å². The molecule has 1 unspecified atom stereocenters. The number of epoxide rings is 1. The lowest BCUT2D eigenvalue weighted by Gasteiger charge is -2.19. The van der Waals surface area contributed by atoms with Gasteiger partial charge in [0.2, 0.25) is 5.75 Å². The number of ether oxygens (including phenoxy) is 8. The molecule has 0 spiro atoms. The summed E-state index contributed by atoms with van der Waals surface area (Å²) in [5.74, 6) is 4.41. The summed E-state index contributed by atoms with van der Waals surface area (Å²) in [5, 5.41) is 0. The number of hydrogen-bond donors (Lipinski definition) is 0. The molecule has 5 rings (SSSR count). The molecule has 8 heteroatoms. The van der Waals surface area contributed by atoms with E-state index >= 15 is 0 Å². The largest absolute Gasteiger partial charge is 0.494 e. The van der Waals surface area contributed by atoms with E-state index in [2.05, 4.69) is 57.2 Å². The first-order valence-electron chi connectivity index (χ1n) is 30.5. The summed E-state index contributed by atoms with van der Waals surface area (Å²) in [4.78, 5) is 0. The Morgan fingerprint density at radius 1 is 0.333 bits per heavy atom. The van der Waals surface area contributed by atoms with Crippen molar-refractivity contribution < 1.29 is 37.9 Å². The van der Waals surface area contributed by atoms with Gasteiger partial charge in [0.1, 0.15) is 43.2 Å². The van der Waals surface area contributed by atoms with E-state index in [4.69, 9.17) is 37.9 Å². The first-order chi connectivity index (χ1) is 37.1. The Bertz CT molecular complexity index is 1870. The lowest BCUT2D eigenvalue weighted by molar-refractivity contribution is 0.103. The summed E-state index contributed by atoms with van der Waals surface area (Å²) in [7, 11) is 0. The first-order valence-corrected chi connectivity index (χ1v) is 30.5. The van der Waals surface area contributed by atoms with Gasteiger partial charge in [-0.2, -0.15) is 0 Å². The molecule has 0 bridgehead atoms. The van der Waals surface area contributed by atoms with E-state index in [1.807, 2.05) is 48.5 Å². The second kappa shape index (κ2) is 40.8. The summed E-state index contributed by atoms with van der Waals surface area (Å²) in [5.41, 5.74) is 4.03. The van der Waals surface area contributed by atoms with Gasteiger partial charge in [0.25, 0.3) is 0 Å². The third-order valence-corrected chi connectivity index (χ3v) is 14.3. The van der Waals surface area contributed by atoms with Gasteiger partial charge >= 0.3 is 0 Å². The van der Waals surface area contributed by atoms with Gasteiger partial charge in [-0.25, -0.2) is 0 Å². The van der Waals surface area contributed by atoms with Crippen LogP contribution in [0, 0.1) is 0 Å². The van der Waals surface area contributed by atoms with Crippen molar-refractivity contribution in [1.29, 1.82) is 0 Å². The van der Waals surface area contributed by atoms with Gasteiger partial charge in [0.05, 0.1) is 39.6 Å². The first kappa shape index (κ1) is 61.5. The molecule has 0 amide bonds. The molecule has 0 aliphatic carbocycles. The van der Waals surface area contributed by atoms with Crippen molar-refractivity contribution in [3.05, 3.63) is 107 Å². The molecule has 1 aliphatic rings. The molecule has 75 heavy (non-hydrogen) atoms. The topological polar surface area (TPSA) is 77.1 Å². The van der Waals surface area contributed by atoms with Crippen molar-refractivity contribution in [3.8, 4) is 34.5 Å². The van der Waals surface area contributed by atoms with Crippen molar-refractivity contribution in [3.63, 3.8) is 0 Å². The van der Waals surface area contributed by atoms with E-state index in [-0.39, 0.29) is 6.10 Å². The van der Waals surface area contributed by atoms with Crippen molar-refractivity contribution in [1.82, 2.24) is 0 Å². The molecule has 0 N–H and O–H groups in total. The molecular formula is C67H102O8. The Balaban J connectivity index is 1.17. The fraction of sp³-hybridized carbons (Fsp3) is 0.642. The van der Waals surface area contributed by atoms with Crippen molar-refractivity contribution in [2.24, 2.45) is 0 Å². The Morgan fingerprint density at radius 3 is 0.933 bits per heavy atom. The minimum Gasteiger partial charge on any atom is -0.494 e. The van der Waals surface area contributed by atoms with Crippen LogP contribution in [-0.4, -0.2) is 39.1 Å². The Labute approximate surface area is 456 Å². The zero-order valence-electron chi connectivity index (χ0n) is 47.5. The van der Waals surface area contributed by atoms with Crippen LogP contribution in [0.25, 0.3) is 0 Å². The summed E-state index contributed by atoms with van der Waals surface area (Å²) >= 11 is 0. The zero-order valence-corrected chi connectivity index (χ0v) is 47.5. The second-order valence-corrected chi connectivity index (χ2v) is 21.3. The van der Waals surface area contributed by atoms with E-state index in [1.165, 1.54) is 173 Å². The molecule has 1 aliphatic heterocycles. The highest BCUT2D eigenvalue weighted by atomic mass is 16.6. The highest BCUT2D eigenvalue weighted by Gasteiger charge is 2.23. The van der Waals surface area contributed by atoms with Crippen LogP contribution in [0.5, 0.6) is 34.5 Å². The Hall–Kier alpha value is -4.40. The monoisotopic (exact) mass is 1030 g/mol. The standard InChI is InChI=1S/C67H102O8/c1-4-7-10-13-16-19-22-25-28-31-46-69-61-40-34-57(35-41-61)52-73-65-49-60(51-68-55-64-56-72-64)50-66(74-53-58-36-42-62(43-37-58)70-47-32-29-26-23-20-17-14-11-8-5-2)67(65)75-54-59-38-44-63(45-39-59)71-48-33-30-27-24-21-18-15-12-9-6-3/h34-45,49-50,64H,4-33,46-48,51-56H2,1-3H3. The maximum atomic E-state index is 6.71. The fourth-order valence-electron chi connectivity index (χ4n) is 9.41. The number of unbranched alkanes of at least 4 members (excludes halogenated alkanes) is 27. The van der Waals surface area contributed by atoms with E-state index in [0.717, 1.165) is 85.2 Å². The Morgan fingerprint density at radius 2 is 0.627 bits per heavy atom. The molecule has 0 aromatic heterocycles. The van der Waals surface area contributed by atoms with Crippen LogP contribution in [0.15, 0.2) is 84.9 Å². The summed E-state index contributed by atoms with van der Waals surface area (Å²) in [6.45, 7) is 11.8. The normalized spacial score (nSPS) is 13.0. The molecule has 8 nitrogen and oxygen atoms in total.